The molecule has 0 aliphatic heterocycles. The van der Waals surface area contributed by atoms with Crippen molar-refractivity contribution in [2.45, 2.75) is 26.4 Å². The Hall–Kier alpha value is -2.46. The minimum absolute atomic E-state index is 0.281. The summed E-state index contributed by atoms with van der Waals surface area (Å²) in [5.74, 6) is 0. The van der Waals surface area contributed by atoms with Gasteiger partial charge in [0.25, 0.3) is 0 Å². The molecule has 0 aliphatic rings. The molecule has 0 saturated heterocycles. The van der Waals surface area contributed by atoms with Crippen molar-refractivity contribution >= 4 is 0 Å². The van der Waals surface area contributed by atoms with Crippen LogP contribution < -0.4 is 0 Å². The summed E-state index contributed by atoms with van der Waals surface area (Å²) in [5, 5.41) is 0. The van der Waals surface area contributed by atoms with E-state index in [1.807, 2.05) is 35.4 Å². The maximum Gasteiger partial charge on any atom is 0.0991 e. The summed E-state index contributed by atoms with van der Waals surface area (Å²) in [4.78, 5) is 10.9. The van der Waals surface area contributed by atoms with Gasteiger partial charge in [-0.1, -0.05) is 12.1 Å². The molecule has 0 saturated carbocycles. The monoisotopic (exact) mass is 306 g/mol. The summed E-state index contributed by atoms with van der Waals surface area (Å²) in [6.07, 6.45) is 7.43. The zero-order valence-electron chi connectivity index (χ0n) is 13.8. The lowest BCUT2D eigenvalue weighted by Crippen LogP contribution is -2.23. The van der Waals surface area contributed by atoms with E-state index in [0.717, 1.165) is 17.9 Å². The first kappa shape index (κ1) is 15.4. The molecule has 1 atom stereocenters. The average Bonchev–Trinajstić information content (AvgIpc) is 3.11. The number of nitrogens with zero attached hydrogens (tertiary/aromatic N) is 4. The maximum absolute atomic E-state index is 4.46. The second-order valence-corrected chi connectivity index (χ2v) is 5.93. The number of imidazole rings is 1. The summed E-state index contributed by atoms with van der Waals surface area (Å²) < 4.78 is 2.02. The molecule has 4 heteroatoms. The van der Waals surface area contributed by atoms with Crippen LogP contribution in [0.4, 0.5) is 0 Å². The Kier molecular flexibility index (Phi) is 4.53. The Bertz CT molecular complexity index is 750. The number of rotatable bonds is 5. The van der Waals surface area contributed by atoms with Crippen LogP contribution >= 0.6 is 0 Å². The second kappa shape index (κ2) is 6.75. The first-order chi connectivity index (χ1) is 11.1. The van der Waals surface area contributed by atoms with Crippen molar-refractivity contribution in [3.63, 3.8) is 0 Å². The van der Waals surface area contributed by atoms with Crippen LogP contribution in [0.15, 0.2) is 61.3 Å². The number of aromatic nitrogens is 3. The molecule has 4 nitrogen and oxygen atoms in total. The van der Waals surface area contributed by atoms with Gasteiger partial charge in [0.15, 0.2) is 0 Å². The topological polar surface area (TPSA) is 34.0 Å². The van der Waals surface area contributed by atoms with Crippen LogP contribution in [0.25, 0.3) is 5.69 Å². The summed E-state index contributed by atoms with van der Waals surface area (Å²) in [5.41, 5.74) is 4.86. The molecule has 1 aromatic carbocycles. The van der Waals surface area contributed by atoms with Crippen molar-refractivity contribution in [1.82, 2.24) is 19.4 Å². The highest BCUT2D eigenvalue weighted by Crippen LogP contribution is 2.21. The maximum atomic E-state index is 4.46. The van der Waals surface area contributed by atoms with Gasteiger partial charge >= 0.3 is 0 Å². The SMILES string of the molecule is Cc1cc(-n2ccnc2)ccc1CN(C)[C@@H](C)c1ccccn1. The van der Waals surface area contributed by atoms with Crippen LogP contribution in [-0.4, -0.2) is 26.5 Å². The van der Waals surface area contributed by atoms with Crippen molar-refractivity contribution in [3.8, 4) is 5.69 Å². The Morgan fingerprint density at radius 1 is 1.17 bits per heavy atom. The van der Waals surface area contributed by atoms with Crippen molar-refractivity contribution in [2.75, 3.05) is 7.05 Å². The largest absolute Gasteiger partial charge is 0.306 e. The molecule has 3 rings (SSSR count). The predicted octanol–water partition coefficient (Wildman–Crippen LogP) is 3.77. The molecule has 0 fully saturated rings. The van der Waals surface area contributed by atoms with Crippen LogP contribution in [0.3, 0.4) is 0 Å². The molecule has 2 aromatic heterocycles. The van der Waals surface area contributed by atoms with E-state index in [1.165, 1.54) is 11.1 Å². The molecule has 118 valence electrons. The van der Waals surface area contributed by atoms with Gasteiger partial charge in [-0.3, -0.25) is 9.88 Å². The molecule has 0 unspecified atom stereocenters. The molecular weight excluding hydrogens is 284 g/mol. The lowest BCUT2D eigenvalue weighted by molar-refractivity contribution is 0.248. The zero-order valence-corrected chi connectivity index (χ0v) is 13.8. The van der Waals surface area contributed by atoms with Gasteiger partial charge in [0.1, 0.15) is 0 Å². The fourth-order valence-electron chi connectivity index (χ4n) is 2.68. The van der Waals surface area contributed by atoms with Crippen molar-refractivity contribution in [3.05, 3.63) is 78.1 Å². The van der Waals surface area contributed by atoms with Crippen molar-refractivity contribution in [1.29, 1.82) is 0 Å². The number of benzene rings is 1. The number of pyridine rings is 1. The van der Waals surface area contributed by atoms with Gasteiger partial charge in [0.2, 0.25) is 0 Å². The minimum atomic E-state index is 0.281. The summed E-state index contributed by atoms with van der Waals surface area (Å²) >= 11 is 0. The first-order valence-electron chi connectivity index (χ1n) is 7.84. The Morgan fingerprint density at radius 3 is 2.70 bits per heavy atom. The van der Waals surface area contributed by atoms with Gasteiger partial charge in [0, 0.05) is 36.9 Å². The Morgan fingerprint density at radius 2 is 2.04 bits per heavy atom. The van der Waals surface area contributed by atoms with E-state index in [2.05, 4.69) is 60.0 Å². The molecular formula is C19H22N4. The molecule has 0 amide bonds. The summed E-state index contributed by atoms with van der Waals surface area (Å²) in [6.45, 7) is 5.25. The number of aryl methyl sites for hydroxylation is 1. The number of hydrogen-bond donors (Lipinski definition) is 0. The third kappa shape index (κ3) is 3.48. The molecule has 0 N–H and O–H groups in total. The quantitative estimate of drug-likeness (QED) is 0.719. The molecule has 0 bridgehead atoms. The fourth-order valence-corrected chi connectivity index (χ4v) is 2.68. The summed E-state index contributed by atoms with van der Waals surface area (Å²) in [6, 6.07) is 12.9. The van der Waals surface area contributed by atoms with Gasteiger partial charge < -0.3 is 4.57 Å². The molecule has 2 heterocycles. The highest BCUT2D eigenvalue weighted by atomic mass is 15.1. The van der Waals surface area contributed by atoms with Gasteiger partial charge in [-0.25, -0.2) is 4.98 Å². The lowest BCUT2D eigenvalue weighted by Gasteiger charge is -2.25. The smallest absolute Gasteiger partial charge is 0.0991 e. The molecule has 0 aliphatic carbocycles. The minimum Gasteiger partial charge on any atom is -0.306 e. The van der Waals surface area contributed by atoms with E-state index in [0.29, 0.717) is 0 Å². The van der Waals surface area contributed by atoms with E-state index in [9.17, 15) is 0 Å². The molecule has 0 radical (unpaired) electrons. The van der Waals surface area contributed by atoms with Crippen LogP contribution in [0.5, 0.6) is 0 Å². The van der Waals surface area contributed by atoms with E-state index in [-0.39, 0.29) is 6.04 Å². The Balaban J connectivity index is 1.75. The van der Waals surface area contributed by atoms with Gasteiger partial charge in [-0.05, 0) is 56.3 Å². The standard InChI is InChI=1S/C19H22N4/c1-15-12-18(23-11-10-20-14-23)8-7-17(15)13-22(3)16(2)19-6-4-5-9-21-19/h4-12,14,16H,13H2,1-3H3/t16-/m0/s1. The van der Waals surface area contributed by atoms with E-state index in [1.54, 1.807) is 6.20 Å². The van der Waals surface area contributed by atoms with E-state index < -0.39 is 0 Å². The van der Waals surface area contributed by atoms with Crippen LogP contribution in [-0.2, 0) is 6.54 Å². The van der Waals surface area contributed by atoms with E-state index >= 15 is 0 Å². The Labute approximate surface area is 137 Å². The third-order valence-electron chi connectivity index (χ3n) is 4.33. The first-order valence-corrected chi connectivity index (χ1v) is 7.84. The summed E-state index contributed by atoms with van der Waals surface area (Å²) in [7, 11) is 2.14. The molecule has 3 aromatic rings. The normalized spacial score (nSPS) is 12.5. The fraction of sp³-hybridized carbons (Fsp3) is 0.263. The highest BCUT2D eigenvalue weighted by Gasteiger charge is 2.14. The van der Waals surface area contributed by atoms with Crippen molar-refractivity contribution in [2.24, 2.45) is 0 Å². The van der Waals surface area contributed by atoms with Crippen LogP contribution in [0.2, 0.25) is 0 Å². The number of hydrogen-bond acceptors (Lipinski definition) is 3. The highest BCUT2D eigenvalue weighted by molar-refractivity contribution is 5.40. The van der Waals surface area contributed by atoms with Crippen LogP contribution in [0.1, 0.15) is 29.8 Å². The van der Waals surface area contributed by atoms with E-state index in [4.69, 9.17) is 0 Å². The average molecular weight is 306 g/mol. The van der Waals surface area contributed by atoms with Gasteiger partial charge in [-0.15, -0.1) is 0 Å². The lowest BCUT2D eigenvalue weighted by atomic mass is 10.1. The zero-order chi connectivity index (χ0) is 16.2. The molecule has 0 spiro atoms. The van der Waals surface area contributed by atoms with Gasteiger partial charge in [0.05, 0.1) is 12.0 Å². The third-order valence-corrected chi connectivity index (χ3v) is 4.33. The van der Waals surface area contributed by atoms with Crippen LogP contribution in [0, 0.1) is 6.92 Å². The van der Waals surface area contributed by atoms with Crippen molar-refractivity contribution < 1.29 is 0 Å². The van der Waals surface area contributed by atoms with Gasteiger partial charge in [-0.2, -0.15) is 0 Å². The second-order valence-electron chi connectivity index (χ2n) is 5.93. The predicted molar refractivity (Wildman–Crippen MR) is 92.4 cm³/mol. The molecule has 23 heavy (non-hydrogen) atoms.